The van der Waals surface area contributed by atoms with Crippen molar-refractivity contribution < 1.29 is 19.0 Å². The summed E-state index contributed by atoms with van der Waals surface area (Å²) in [7, 11) is 1.60. The number of aromatic carboxylic acids is 1. The van der Waals surface area contributed by atoms with Crippen molar-refractivity contribution in [1.82, 2.24) is 9.97 Å². The van der Waals surface area contributed by atoms with Crippen LogP contribution in [0.1, 0.15) is 22.8 Å². The van der Waals surface area contributed by atoms with Crippen molar-refractivity contribution in [3.05, 3.63) is 70.9 Å². The molecule has 0 radical (unpaired) electrons. The second kappa shape index (κ2) is 8.98. The number of nitrogens with one attached hydrogen (secondary N) is 1. The Balaban J connectivity index is 2.09. The molecule has 0 aliphatic carbocycles. The summed E-state index contributed by atoms with van der Waals surface area (Å²) in [5.41, 5.74) is 2.38. The van der Waals surface area contributed by atoms with E-state index in [0.717, 1.165) is 5.56 Å². The van der Waals surface area contributed by atoms with Gasteiger partial charge < -0.3 is 15.2 Å². The molecular weight excluding hydrogens is 397 g/mol. The Morgan fingerprint density at radius 2 is 2.07 bits per heavy atom. The van der Waals surface area contributed by atoms with E-state index in [1.165, 1.54) is 30.6 Å². The number of carboxylic acids is 1. The van der Waals surface area contributed by atoms with E-state index in [-0.39, 0.29) is 17.2 Å². The van der Waals surface area contributed by atoms with Crippen molar-refractivity contribution in [3.8, 4) is 11.3 Å². The van der Waals surface area contributed by atoms with Gasteiger partial charge in [0.05, 0.1) is 17.5 Å². The number of hydrogen-bond acceptors (Lipinski definition) is 5. The minimum atomic E-state index is -1.11. The maximum atomic E-state index is 14.3. The van der Waals surface area contributed by atoms with Crippen molar-refractivity contribution in [3.63, 3.8) is 0 Å². The van der Waals surface area contributed by atoms with Gasteiger partial charge in [0.1, 0.15) is 11.4 Å². The minimum Gasteiger partial charge on any atom is -0.478 e. The fourth-order valence-corrected chi connectivity index (χ4v) is 2.99. The highest BCUT2D eigenvalue weighted by molar-refractivity contribution is 6.30. The summed E-state index contributed by atoms with van der Waals surface area (Å²) >= 11 is 6.01. The fraction of sp³-hybridized carbons (Fsp3) is 0.190. The van der Waals surface area contributed by atoms with E-state index in [0.29, 0.717) is 28.5 Å². The topological polar surface area (TPSA) is 84.3 Å². The summed E-state index contributed by atoms with van der Waals surface area (Å²) in [4.78, 5) is 19.8. The third-order valence-electron chi connectivity index (χ3n) is 4.42. The summed E-state index contributed by atoms with van der Waals surface area (Å²) in [6.45, 7) is 1.91. The van der Waals surface area contributed by atoms with Crippen molar-refractivity contribution in [1.29, 1.82) is 0 Å². The molecule has 0 saturated carbocycles. The highest BCUT2D eigenvalue weighted by Gasteiger charge is 2.16. The van der Waals surface area contributed by atoms with Crippen LogP contribution in [0.25, 0.3) is 11.3 Å². The van der Waals surface area contributed by atoms with E-state index in [4.69, 9.17) is 16.3 Å². The first-order valence-electron chi connectivity index (χ1n) is 8.80. The SMILES string of the molecule is COC(C)Cc1cnc(-c2cc(Cl)ccc2F)cc1Nc1ccncc1C(=O)O. The lowest BCUT2D eigenvalue weighted by molar-refractivity contribution is 0.0697. The summed E-state index contributed by atoms with van der Waals surface area (Å²) in [5.74, 6) is -1.57. The quantitative estimate of drug-likeness (QED) is 0.567. The molecule has 1 atom stereocenters. The van der Waals surface area contributed by atoms with Gasteiger partial charge in [0.2, 0.25) is 0 Å². The zero-order valence-electron chi connectivity index (χ0n) is 15.8. The predicted octanol–water partition coefficient (Wildman–Crippen LogP) is 4.96. The van der Waals surface area contributed by atoms with Gasteiger partial charge in [0.15, 0.2) is 0 Å². The summed E-state index contributed by atoms with van der Waals surface area (Å²) < 4.78 is 19.7. The molecule has 8 heteroatoms. The Morgan fingerprint density at radius 3 is 2.79 bits per heavy atom. The standard InChI is InChI=1S/C21H19ClFN3O3/c1-12(29-2)7-13-10-25-20(15-8-14(22)3-4-17(15)23)9-19(13)26-18-5-6-24-11-16(18)21(27)28/h3-6,8-12H,7H2,1-2H3,(H,27,28)(H,24,25,26). The first kappa shape index (κ1) is 20.7. The number of carboxylic acid groups (broad SMARTS) is 1. The maximum Gasteiger partial charge on any atom is 0.339 e. The van der Waals surface area contributed by atoms with Crippen LogP contribution in [-0.2, 0) is 11.2 Å². The first-order valence-corrected chi connectivity index (χ1v) is 9.18. The number of nitrogens with zero attached hydrogens (tertiary/aromatic N) is 2. The van der Waals surface area contributed by atoms with Crippen LogP contribution in [0.2, 0.25) is 5.02 Å². The number of hydrogen-bond donors (Lipinski definition) is 2. The summed E-state index contributed by atoms with van der Waals surface area (Å²) in [5, 5.41) is 12.9. The van der Waals surface area contributed by atoms with Gasteiger partial charge in [-0.1, -0.05) is 11.6 Å². The molecule has 0 spiro atoms. The zero-order chi connectivity index (χ0) is 21.0. The van der Waals surface area contributed by atoms with E-state index < -0.39 is 11.8 Å². The Hall–Kier alpha value is -3.03. The lowest BCUT2D eigenvalue weighted by Crippen LogP contribution is -2.11. The van der Waals surface area contributed by atoms with E-state index in [1.807, 2.05) is 6.92 Å². The normalized spacial score (nSPS) is 11.9. The van der Waals surface area contributed by atoms with Crippen LogP contribution in [-0.4, -0.2) is 34.3 Å². The van der Waals surface area contributed by atoms with Crippen molar-refractivity contribution >= 4 is 28.9 Å². The zero-order valence-corrected chi connectivity index (χ0v) is 16.6. The molecule has 29 heavy (non-hydrogen) atoms. The number of aromatic nitrogens is 2. The van der Waals surface area contributed by atoms with Gasteiger partial charge in [-0.3, -0.25) is 9.97 Å². The summed E-state index contributed by atoms with van der Waals surface area (Å²) in [6.07, 6.45) is 4.81. The molecule has 2 N–H and O–H groups in total. The van der Waals surface area contributed by atoms with Crippen molar-refractivity contribution in [2.24, 2.45) is 0 Å². The van der Waals surface area contributed by atoms with Crippen LogP contribution in [0.4, 0.5) is 15.8 Å². The molecule has 2 heterocycles. The van der Waals surface area contributed by atoms with Crippen molar-refractivity contribution in [2.45, 2.75) is 19.4 Å². The fourth-order valence-electron chi connectivity index (χ4n) is 2.82. The number of carbonyl (C=O) groups is 1. The van der Waals surface area contributed by atoms with Gasteiger partial charge in [-0.15, -0.1) is 0 Å². The van der Waals surface area contributed by atoms with E-state index >= 15 is 0 Å². The van der Waals surface area contributed by atoms with Gasteiger partial charge in [0, 0.05) is 48.4 Å². The van der Waals surface area contributed by atoms with Crippen LogP contribution >= 0.6 is 11.6 Å². The molecule has 0 aliphatic heterocycles. The molecule has 0 bridgehead atoms. The average Bonchev–Trinajstić information content (AvgIpc) is 2.71. The van der Waals surface area contributed by atoms with Crippen LogP contribution in [0.15, 0.2) is 48.9 Å². The molecule has 0 saturated heterocycles. The number of methoxy groups -OCH3 is 1. The number of benzene rings is 1. The highest BCUT2D eigenvalue weighted by Crippen LogP contribution is 2.31. The van der Waals surface area contributed by atoms with Gasteiger partial charge in [0.25, 0.3) is 0 Å². The van der Waals surface area contributed by atoms with Crippen LogP contribution in [0.5, 0.6) is 0 Å². The van der Waals surface area contributed by atoms with Crippen molar-refractivity contribution in [2.75, 3.05) is 12.4 Å². The number of ether oxygens (including phenoxy) is 1. The third kappa shape index (κ3) is 4.88. The van der Waals surface area contributed by atoms with E-state index in [2.05, 4.69) is 15.3 Å². The highest BCUT2D eigenvalue weighted by atomic mass is 35.5. The van der Waals surface area contributed by atoms with Crippen LogP contribution in [0, 0.1) is 5.82 Å². The lowest BCUT2D eigenvalue weighted by atomic mass is 10.0. The molecule has 150 valence electrons. The number of rotatable bonds is 7. The van der Waals surface area contributed by atoms with Gasteiger partial charge in [-0.2, -0.15) is 0 Å². The van der Waals surface area contributed by atoms with Crippen LogP contribution in [0.3, 0.4) is 0 Å². The predicted molar refractivity (Wildman–Crippen MR) is 109 cm³/mol. The number of pyridine rings is 2. The molecule has 3 rings (SSSR count). The number of anilines is 2. The third-order valence-corrected chi connectivity index (χ3v) is 4.66. The molecule has 2 aromatic heterocycles. The molecule has 0 amide bonds. The molecule has 6 nitrogen and oxygen atoms in total. The van der Waals surface area contributed by atoms with E-state index in [1.54, 1.807) is 25.4 Å². The second-order valence-electron chi connectivity index (χ2n) is 6.45. The molecule has 0 fully saturated rings. The van der Waals surface area contributed by atoms with Gasteiger partial charge >= 0.3 is 5.97 Å². The Bertz CT molecular complexity index is 1050. The summed E-state index contributed by atoms with van der Waals surface area (Å²) in [6, 6.07) is 7.46. The minimum absolute atomic E-state index is 0.0190. The average molecular weight is 416 g/mol. The molecule has 3 aromatic rings. The lowest BCUT2D eigenvalue weighted by Gasteiger charge is -2.17. The van der Waals surface area contributed by atoms with Gasteiger partial charge in [-0.05, 0) is 42.8 Å². The Morgan fingerprint density at radius 1 is 1.28 bits per heavy atom. The van der Waals surface area contributed by atoms with Gasteiger partial charge in [-0.25, -0.2) is 9.18 Å². The molecule has 1 aromatic carbocycles. The van der Waals surface area contributed by atoms with E-state index in [9.17, 15) is 14.3 Å². The largest absolute Gasteiger partial charge is 0.478 e. The molecule has 1 unspecified atom stereocenters. The smallest absolute Gasteiger partial charge is 0.339 e. The first-order chi connectivity index (χ1) is 13.9. The monoisotopic (exact) mass is 415 g/mol. The second-order valence-corrected chi connectivity index (χ2v) is 6.89. The Kier molecular flexibility index (Phi) is 6.41. The molecule has 0 aliphatic rings. The Labute approximate surface area is 172 Å². The maximum absolute atomic E-state index is 14.3. The van der Waals surface area contributed by atoms with Crippen LogP contribution < -0.4 is 5.32 Å². The number of halogens is 2. The molecular formula is C21H19ClFN3O3.